The van der Waals surface area contributed by atoms with Gasteiger partial charge in [0.1, 0.15) is 5.82 Å². The molecule has 2 nitrogen and oxygen atoms in total. The molecule has 0 saturated heterocycles. The lowest BCUT2D eigenvalue weighted by atomic mass is 9.87. The standard InChI is InChI=1S/C13H19FN2/c1-4-9-13(15,10-16(2)3)11-7-5-6-8-12(11)14/h4-8H,1,9-10,15H2,2-3H3. The molecule has 88 valence electrons. The lowest BCUT2D eigenvalue weighted by Crippen LogP contribution is -2.45. The van der Waals surface area contributed by atoms with Gasteiger partial charge in [0, 0.05) is 12.1 Å². The van der Waals surface area contributed by atoms with Crippen molar-refractivity contribution in [3.63, 3.8) is 0 Å². The summed E-state index contributed by atoms with van der Waals surface area (Å²) in [7, 11) is 3.84. The molecular formula is C13H19FN2. The number of benzene rings is 1. The van der Waals surface area contributed by atoms with E-state index in [2.05, 4.69) is 6.58 Å². The summed E-state index contributed by atoms with van der Waals surface area (Å²) in [4.78, 5) is 1.95. The fourth-order valence-electron chi connectivity index (χ4n) is 1.95. The van der Waals surface area contributed by atoms with Gasteiger partial charge in [-0.1, -0.05) is 24.3 Å². The van der Waals surface area contributed by atoms with Crippen molar-refractivity contribution in [1.82, 2.24) is 4.90 Å². The summed E-state index contributed by atoms with van der Waals surface area (Å²) in [6, 6.07) is 6.65. The van der Waals surface area contributed by atoms with Gasteiger partial charge >= 0.3 is 0 Å². The van der Waals surface area contributed by atoms with Gasteiger partial charge in [-0.15, -0.1) is 6.58 Å². The lowest BCUT2D eigenvalue weighted by Gasteiger charge is -2.32. The van der Waals surface area contributed by atoms with Crippen molar-refractivity contribution in [2.75, 3.05) is 20.6 Å². The topological polar surface area (TPSA) is 29.3 Å². The summed E-state index contributed by atoms with van der Waals surface area (Å²) in [5.41, 5.74) is 6.11. The molecule has 0 saturated carbocycles. The fraction of sp³-hybridized carbons (Fsp3) is 0.385. The molecule has 0 amide bonds. The molecule has 16 heavy (non-hydrogen) atoms. The van der Waals surface area contributed by atoms with E-state index in [1.807, 2.05) is 19.0 Å². The average molecular weight is 222 g/mol. The van der Waals surface area contributed by atoms with E-state index in [0.717, 1.165) is 0 Å². The van der Waals surface area contributed by atoms with E-state index in [-0.39, 0.29) is 5.82 Å². The number of likely N-dealkylation sites (N-methyl/N-ethyl adjacent to an activating group) is 1. The highest BCUT2D eigenvalue weighted by Gasteiger charge is 2.29. The highest BCUT2D eigenvalue weighted by molar-refractivity contribution is 5.27. The van der Waals surface area contributed by atoms with E-state index in [9.17, 15) is 4.39 Å². The molecule has 0 aliphatic rings. The van der Waals surface area contributed by atoms with Crippen LogP contribution in [0.5, 0.6) is 0 Å². The summed E-state index contributed by atoms with van der Waals surface area (Å²) in [6.45, 7) is 4.27. The Balaban J connectivity index is 3.10. The molecule has 1 unspecified atom stereocenters. The maximum atomic E-state index is 13.7. The molecule has 0 radical (unpaired) electrons. The SMILES string of the molecule is C=CCC(N)(CN(C)C)c1ccccc1F. The maximum Gasteiger partial charge on any atom is 0.128 e. The first-order valence-electron chi connectivity index (χ1n) is 5.29. The third-order valence-corrected chi connectivity index (χ3v) is 2.52. The van der Waals surface area contributed by atoms with Crippen molar-refractivity contribution in [3.8, 4) is 0 Å². The molecule has 3 heteroatoms. The van der Waals surface area contributed by atoms with Crippen LogP contribution >= 0.6 is 0 Å². The van der Waals surface area contributed by atoms with E-state index in [0.29, 0.717) is 18.5 Å². The van der Waals surface area contributed by atoms with Gasteiger partial charge in [-0.2, -0.15) is 0 Å². The zero-order chi connectivity index (χ0) is 12.2. The van der Waals surface area contributed by atoms with Crippen molar-refractivity contribution < 1.29 is 4.39 Å². The van der Waals surface area contributed by atoms with E-state index < -0.39 is 5.54 Å². The third-order valence-electron chi connectivity index (χ3n) is 2.52. The van der Waals surface area contributed by atoms with E-state index in [1.165, 1.54) is 6.07 Å². The monoisotopic (exact) mass is 222 g/mol. The minimum Gasteiger partial charge on any atom is -0.320 e. The van der Waals surface area contributed by atoms with Gasteiger partial charge in [0.05, 0.1) is 5.54 Å². The van der Waals surface area contributed by atoms with Gasteiger partial charge in [0.25, 0.3) is 0 Å². The Bertz CT molecular complexity index is 363. The van der Waals surface area contributed by atoms with Crippen LogP contribution in [0.1, 0.15) is 12.0 Å². The summed E-state index contributed by atoms with van der Waals surface area (Å²) >= 11 is 0. The Morgan fingerprint density at radius 2 is 2.06 bits per heavy atom. The third kappa shape index (κ3) is 2.90. The van der Waals surface area contributed by atoms with Crippen molar-refractivity contribution in [2.45, 2.75) is 12.0 Å². The first-order valence-corrected chi connectivity index (χ1v) is 5.29. The van der Waals surface area contributed by atoms with Gasteiger partial charge < -0.3 is 10.6 Å². The normalized spacial score (nSPS) is 14.8. The van der Waals surface area contributed by atoms with Crippen LogP contribution in [-0.4, -0.2) is 25.5 Å². The molecule has 0 aliphatic carbocycles. The molecule has 0 heterocycles. The molecular weight excluding hydrogens is 203 g/mol. The predicted molar refractivity (Wildman–Crippen MR) is 65.6 cm³/mol. The van der Waals surface area contributed by atoms with Crippen LogP contribution in [0.3, 0.4) is 0 Å². The second kappa shape index (κ2) is 5.23. The smallest absolute Gasteiger partial charge is 0.128 e. The lowest BCUT2D eigenvalue weighted by molar-refractivity contribution is 0.280. The highest BCUT2D eigenvalue weighted by Crippen LogP contribution is 2.25. The van der Waals surface area contributed by atoms with Gasteiger partial charge in [-0.05, 0) is 26.6 Å². The molecule has 0 aromatic heterocycles. The molecule has 1 aromatic carbocycles. The number of nitrogens with zero attached hydrogens (tertiary/aromatic N) is 1. The zero-order valence-corrected chi connectivity index (χ0v) is 9.91. The zero-order valence-electron chi connectivity index (χ0n) is 9.91. The first kappa shape index (κ1) is 12.9. The second-order valence-corrected chi connectivity index (χ2v) is 4.37. The molecule has 0 fully saturated rings. The molecule has 2 N–H and O–H groups in total. The maximum absolute atomic E-state index is 13.7. The summed E-state index contributed by atoms with van der Waals surface area (Å²) in [6.07, 6.45) is 2.28. The van der Waals surface area contributed by atoms with Crippen LogP contribution in [0.25, 0.3) is 0 Å². The molecule has 0 spiro atoms. The number of hydrogen-bond donors (Lipinski definition) is 1. The summed E-state index contributed by atoms with van der Waals surface area (Å²) in [5.74, 6) is -0.256. The minimum atomic E-state index is -0.712. The highest BCUT2D eigenvalue weighted by atomic mass is 19.1. The molecule has 0 bridgehead atoms. The van der Waals surface area contributed by atoms with Crippen LogP contribution < -0.4 is 5.73 Å². The largest absolute Gasteiger partial charge is 0.320 e. The summed E-state index contributed by atoms with van der Waals surface area (Å²) < 4.78 is 13.7. The number of hydrogen-bond acceptors (Lipinski definition) is 2. The minimum absolute atomic E-state index is 0.256. The van der Waals surface area contributed by atoms with E-state index in [4.69, 9.17) is 5.73 Å². The molecule has 1 atom stereocenters. The summed E-state index contributed by atoms with van der Waals surface area (Å²) in [5, 5.41) is 0. The Morgan fingerprint density at radius 1 is 1.44 bits per heavy atom. The predicted octanol–water partition coefficient (Wildman–Crippen LogP) is 2.12. The molecule has 1 aromatic rings. The van der Waals surface area contributed by atoms with Crippen LogP contribution in [-0.2, 0) is 5.54 Å². The van der Waals surface area contributed by atoms with E-state index >= 15 is 0 Å². The van der Waals surface area contributed by atoms with Crippen molar-refractivity contribution >= 4 is 0 Å². The first-order chi connectivity index (χ1) is 7.49. The van der Waals surface area contributed by atoms with Gasteiger partial charge in [-0.25, -0.2) is 4.39 Å². The van der Waals surface area contributed by atoms with E-state index in [1.54, 1.807) is 24.3 Å². The molecule has 0 aliphatic heterocycles. The van der Waals surface area contributed by atoms with Crippen molar-refractivity contribution in [1.29, 1.82) is 0 Å². The van der Waals surface area contributed by atoms with Gasteiger partial charge in [-0.3, -0.25) is 0 Å². The van der Waals surface area contributed by atoms with Crippen LogP contribution in [0, 0.1) is 5.82 Å². The average Bonchev–Trinajstić information content (AvgIpc) is 2.17. The van der Waals surface area contributed by atoms with Crippen LogP contribution in [0.15, 0.2) is 36.9 Å². The molecule has 1 rings (SSSR count). The van der Waals surface area contributed by atoms with Crippen LogP contribution in [0.4, 0.5) is 4.39 Å². The van der Waals surface area contributed by atoms with Crippen LogP contribution in [0.2, 0.25) is 0 Å². The van der Waals surface area contributed by atoms with Gasteiger partial charge in [0.2, 0.25) is 0 Å². The second-order valence-electron chi connectivity index (χ2n) is 4.37. The number of nitrogens with two attached hydrogens (primary N) is 1. The number of halogens is 1. The Morgan fingerprint density at radius 3 is 2.56 bits per heavy atom. The van der Waals surface area contributed by atoms with Crippen molar-refractivity contribution in [2.24, 2.45) is 5.73 Å². The quantitative estimate of drug-likeness (QED) is 0.773. The Labute approximate surface area is 96.6 Å². The van der Waals surface area contributed by atoms with Crippen molar-refractivity contribution in [3.05, 3.63) is 48.3 Å². The fourth-order valence-corrected chi connectivity index (χ4v) is 1.95. The Hall–Kier alpha value is -1.19. The Kier molecular flexibility index (Phi) is 4.21. The number of rotatable bonds is 5. The van der Waals surface area contributed by atoms with Gasteiger partial charge in [0.15, 0.2) is 0 Å².